The van der Waals surface area contributed by atoms with E-state index in [0.29, 0.717) is 5.02 Å². The molecule has 1 unspecified atom stereocenters. The molecule has 0 radical (unpaired) electrons. The van der Waals surface area contributed by atoms with Gasteiger partial charge >= 0.3 is 0 Å². The van der Waals surface area contributed by atoms with Crippen molar-refractivity contribution in [1.29, 1.82) is 0 Å². The minimum Gasteiger partial charge on any atom is -0.321 e. The highest BCUT2D eigenvalue weighted by molar-refractivity contribution is 6.31. The molecule has 1 aliphatic rings. The Bertz CT molecular complexity index is 400. The molecule has 108 valence electrons. The van der Waals surface area contributed by atoms with Crippen LogP contribution in [-0.4, -0.2) is 33.3 Å². The number of nitrogens with two attached hydrogens (primary N) is 1. The molecule has 1 atom stereocenters. The molecule has 1 saturated heterocycles. The van der Waals surface area contributed by atoms with Crippen molar-refractivity contribution in [2.24, 2.45) is 12.8 Å². The summed E-state index contributed by atoms with van der Waals surface area (Å²) in [5.41, 5.74) is 7.33. The van der Waals surface area contributed by atoms with Gasteiger partial charge in [-0.05, 0) is 39.8 Å². The van der Waals surface area contributed by atoms with Gasteiger partial charge in [-0.3, -0.25) is 9.58 Å². The molecule has 0 aliphatic carbocycles. The minimum atomic E-state index is -0.134. The molecule has 1 fully saturated rings. The van der Waals surface area contributed by atoms with Crippen LogP contribution in [0.25, 0.3) is 0 Å². The highest BCUT2D eigenvalue weighted by Crippen LogP contribution is 2.33. The van der Waals surface area contributed by atoms with Crippen LogP contribution in [0.2, 0.25) is 5.02 Å². The van der Waals surface area contributed by atoms with Crippen LogP contribution < -0.4 is 5.73 Å². The standard InChI is InChI=1S/C14H25ClN4/c1-14(2,19-8-6-4-5-7-9-19)13(16)12-11(15)10-17-18(12)3/h10,13H,4-9,16H2,1-3H3. The molecule has 0 spiro atoms. The normalized spacial score (nSPS) is 20.3. The van der Waals surface area contributed by atoms with Crippen LogP contribution in [-0.2, 0) is 7.05 Å². The SMILES string of the molecule is Cn1ncc(Cl)c1C(N)C(C)(C)N1CCCCCC1. The van der Waals surface area contributed by atoms with Crippen LogP contribution in [0.5, 0.6) is 0 Å². The molecule has 0 amide bonds. The van der Waals surface area contributed by atoms with Gasteiger partial charge in [-0.2, -0.15) is 5.10 Å². The lowest BCUT2D eigenvalue weighted by atomic mass is 9.90. The Morgan fingerprint density at radius 2 is 1.84 bits per heavy atom. The lowest BCUT2D eigenvalue weighted by molar-refractivity contribution is 0.0953. The minimum absolute atomic E-state index is 0.109. The Kier molecular flexibility index (Phi) is 4.54. The van der Waals surface area contributed by atoms with Crippen molar-refractivity contribution in [3.8, 4) is 0 Å². The molecule has 19 heavy (non-hydrogen) atoms. The number of nitrogens with zero attached hydrogens (tertiary/aromatic N) is 3. The fourth-order valence-electron chi connectivity index (χ4n) is 2.95. The molecule has 4 nitrogen and oxygen atoms in total. The lowest BCUT2D eigenvalue weighted by Gasteiger charge is -2.42. The number of hydrogen-bond acceptors (Lipinski definition) is 3. The maximum Gasteiger partial charge on any atom is 0.0834 e. The highest BCUT2D eigenvalue weighted by atomic mass is 35.5. The molecule has 2 heterocycles. The predicted molar refractivity (Wildman–Crippen MR) is 79.3 cm³/mol. The third-order valence-electron chi connectivity index (χ3n) is 4.41. The summed E-state index contributed by atoms with van der Waals surface area (Å²) in [6.45, 7) is 6.67. The first kappa shape index (κ1) is 14.8. The van der Waals surface area contributed by atoms with E-state index in [1.165, 1.54) is 25.7 Å². The Morgan fingerprint density at radius 1 is 1.26 bits per heavy atom. The van der Waals surface area contributed by atoms with E-state index in [1.807, 2.05) is 7.05 Å². The van der Waals surface area contributed by atoms with Gasteiger partial charge in [0.05, 0.1) is 23.0 Å². The average molecular weight is 285 g/mol. The Morgan fingerprint density at radius 3 is 2.32 bits per heavy atom. The van der Waals surface area contributed by atoms with Gasteiger partial charge < -0.3 is 5.73 Å². The second-order valence-electron chi connectivity index (χ2n) is 6.03. The van der Waals surface area contributed by atoms with Crippen LogP contribution >= 0.6 is 11.6 Å². The zero-order valence-corrected chi connectivity index (χ0v) is 13.0. The van der Waals surface area contributed by atoms with Crippen LogP contribution in [0.4, 0.5) is 0 Å². The van der Waals surface area contributed by atoms with Crippen LogP contribution in [0, 0.1) is 0 Å². The number of likely N-dealkylation sites (tertiary alicyclic amines) is 1. The van der Waals surface area contributed by atoms with Crippen molar-refractivity contribution in [2.75, 3.05) is 13.1 Å². The Balaban J connectivity index is 2.22. The number of aryl methyl sites for hydroxylation is 1. The molecular formula is C14H25ClN4. The summed E-state index contributed by atoms with van der Waals surface area (Å²) in [5, 5.41) is 4.87. The first-order chi connectivity index (χ1) is 8.94. The fraction of sp³-hybridized carbons (Fsp3) is 0.786. The maximum absolute atomic E-state index is 6.51. The van der Waals surface area contributed by atoms with Crippen molar-refractivity contribution >= 4 is 11.6 Å². The summed E-state index contributed by atoms with van der Waals surface area (Å²) in [7, 11) is 1.90. The van der Waals surface area contributed by atoms with Crippen molar-refractivity contribution in [2.45, 2.75) is 51.1 Å². The van der Waals surface area contributed by atoms with Gasteiger partial charge in [0, 0.05) is 12.6 Å². The second kappa shape index (κ2) is 5.81. The van der Waals surface area contributed by atoms with Crippen LogP contribution in [0.3, 0.4) is 0 Å². The second-order valence-corrected chi connectivity index (χ2v) is 6.44. The molecule has 0 saturated carbocycles. The molecule has 0 aromatic carbocycles. The number of halogens is 1. The largest absolute Gasteiger partial charge is 0.321 e. The highest BCUT2D eigenvalue weighted by Gasteiger charge is 2.36. The zero-order chi connectivity index (χ0) is 14.0. The van der Waals surface area contributed by atoms with Gasteiger partial charge in [0.25, 0.3) is 0 Å². The first-order valence-corrected chi connectivity index (χ1v) is 7.50. The monoisotopic (exact) mass is 284 g/mol. The molecule has 1 aromatic heterocycles. The van der Waals surface area contributed by atoms with Crippen LogP contribution in [0.15, 0.2) is 6.20 Å². The molecule has 0 bridgehead atoms. The summed E-state index contributed by atoms with van der Waals surface area (Å²) >= 11 is 6.24. The lowest BCUT2D eigenvalue weighted by Crippen LogP contribution is -2.52. The van der Waals surface area contributed by atoms with Gasteiger partial charge in [-0.25, -0.2) is 0 Å². The van der Waals surface area contributed by atoms with Crippen LogP contribution in [0.1, 0.15) is 51.3 Å². The van der Waals surface area contributed by atoms with Gasteiger partial charge in [-0.1, -0.05) is 24.4 Å². The third-order valence-corrected chi connectivity index (χ3v) is 4.71. The summed E-state index contributed by atoms with van der Waals surface area (Å²) in [6.07, 6.45) is 6.85. The van der Waals surface area contributed by atoms with E-state index in [1.54, 1.807) is 10.9 Å². The van der Waals surface area contributed by atoms with Gasteiger partial charge in [0.1, 0.15) is 0 Å². The summed E-state index contributed by atoms with van der Waals surface area (Å²) in [5.74, 6) is 0. The summed E-state index contributed by atoms with van der Waals surface area (Å²) in [4.78, 5) is 2.51. The Hall–Kier alpha value is -0.580. The Labute approximate surface area is 120 Å². The molecule has 1 aliphatic heterocycles. The van der Waals surface area contributed by atoms with E-state index in [9.17, 15) is 0 Å². The smallest absolute Gasteiger partial charge is 0.0834 e. The predicted octanol–water partition coefficient (Wildman–Crippen LogP) is 2.73. The zero-order valence-electron chi connectivity index (χ0n) is 12.2. The molecule has 2 N–H and O–H groups in total. The number of hydrogen-bond donors (Lipinski definition) is 1. The molecular weight excluding hydrogens is 260 g/mol. The quantitative estimate of drug-likeness (QED) is 0.928. The first-order valence-electron chi connectivity index (χ1n) is 7.12. The van der Waals surface area contributed by atoms with Gasteiger partial charge in [0.2, 0.25) is 0 Å². The number of rotatable bonds is 3. The van der Waals surface area contributed by atoms with Crippen molar-refractivity contribution < 1.29 is 0 Å². The summed E-state index contributed by atoms with van der Waals surface area (Å²) in [6, 6.07) is -0.134. The molecule has 2 rings (SSSR count). The van der Waals surface area contributed by atoms with Crippen molar-refractivity contribution in [1.82, 2.24) is 14.7 Å². The van der Waals surface area contributed by atoms with Gasteiger partial charge in [-0.15, -0.1) is 0 Å². The maximum atomic E-state index is 6.51. The van der Waals surface area contributed by atoms with E-state index in [0.717, 1.165) is 18.8 Å². The molecule has 5 heteroatoms. The summed E-state index contributed by atoms with van der Waals surface area (Å²) < 4.78 is 1.80. The van der Waals surface area contributed by atoms with E-state index >= 15 is 0 Å². The van der Waals surface area contributed by atoms with E-state index in [-0.39, 0.29) is 11.6 Å². The fourth-order valence-corrected chi connectivity index (χ4v) is 3.23. The average Bonchev–Trinajstić information content (AvgIpc) is 2.61. The third kappa shape index (κ3) is 2.96. The molecule has 1 aromatic rings. The van der Waals surface area contributed by atoms with E-state index in [4.69, 9.17) is 17.3 Å². The number of aromatic nitrogens is 2. The van der Waals surface area contributed by atoms with Crippen molar-refractivity contribution in [3.05, 3.63) is 16.9 Å². The van der Waals surface area contributed by atoms with Crippen molar-refractivity contribution in [3.63, 3.8) is 0 Å². The van der Waals surface area contributed by atoms with E-state index in [2.05, 4.69) is 23.8 Å². The van der Waals surface area contributed by atoms with E-state index < -0.39 is 0 Å². The topological polar surface area (TPSA) is 47.1 Å². The van der Waals surface area contributed by atoms with Gasteiger partial charge in [0.15, 0.2) is 0 Å².